The summed E-state index contributed by atoms with van der Waals surface area (Å²) in [5.74, 6) is -0.956. The van der Waals surface area contributed by atoms with Gasteiger partial charge in [-0.2, -0.15) is 0 Å². The van der Waals surface area contributed by atoms with Gasteiger partial charge in [-0.15, -0.1) is 0 Å². The van der Waals surface area contributed by atoms with Crippen LogP contribution in [0.5, 0.6) is 0 Å². The largest absolute Gasteiger partial charge is 0.438 e. The Morgan fingerprint density at radius 1 is 0.741 bits per heavy atom. The Bertz CT molecular complexity index is 457. The maximum atomic E-state index is 11.4. The maximum Gasteiger partial charge on any atom is 0.307 e. The van der Waals surface area contributed by atoms with Crippen LogP contribution in [0.4, 0.5) is 0 Å². The first-order valence-corrected chi connectivity index (χ1v) is 8.98. The van der Waals surface area contributed by atoms with Crippen LogP contribution in [0.1, 0.15) is 39.5 Å². The zero-order valence-corrected chi connectivity index (χ0v) is 15.9. The predicted octanol–water partition coefficient (Wildman–Crippen LogP) is -0.530. The summed E-state index contributed by atoms with van der Waals surface area (Å²) in [6, 6.07) is 0. The lowest BCUT2D eigenvalue weighted by atomic mass is 9.84. The Kier molecular flexibility index (Phi) is 10.7. The third-order valence-corrected chi connectivity index (χ3v) is 4.16. The Balaban J connectivity index is 2.73. The Morgan fingerprint density at radius 3 is 1.56 bits per heavy atom. The highest BCUT2D eigenvalue weighted by Crippen LogP contribution is 2.28. The van der Waals surface area contributed by atoms with Crippen LogP contribution in [0.3, 0.4) is 0 Å². The molecule has 10 nitrogen and oxygen atoms in total. The number of rotatable bonds is 11. The molecule has 0 aromatic carbocycles. The minimum atomic E-state index is -1.49. The van der Waals surface area contributed by atoms with Crippen molar-refractivity contribution in [2.75, 3.05) is 20.7 Å². The number of carbonyl (C=O) groups excluding carboxylic acids is 2. The zero-order chi connectivity index (χ0) is 20.4. The van der Waals surface area contributed by atoms with Gasteiger partial charge in [-0.05, 0) is 12.8 Å². The normalized spacial score (nSPS) is 30.7. The lowest BCUT2D eigenvalue weighted by Crippen LogP contribution is -2.65. The quantitative estimate of drug-likeness (QED) is 0.309. The van der Waals surface area contributed by atoms with Gasteiger partial charge in [0.1, 0.15) is 36.6 Å². The smallest absolute Gasteiger partial charge is 0.307 e. The molecule has 0 aromatic rings. The van der Waals surface area contributed by atoms with Crippen LogP contribution in [0.25, 0.3) is 0 Å². The summed E-state index contributed by atoms with van der Waals surface area (Å²) >= 11 is 0. The highest BCUT2D eigenvalue weighted by Gasteiger charge is 2.51. The third kappa shape index (κ3) is 6.98. The van der Waals surface area contributed by atoms with Crippen molar-refractivity contribution in [3.63, 3.8) is 0 Å². The van der Waals surface area contributed by atoms with Gasteiger partial charge in [-0.1, -0.05) is 13.8 Å². The van der Waals surface area contributed by atoms with Crippen molar-refractivity contribution in [3.05, 3.63) is 0 Å². The van der Waals surface area contributed by atoms with E-state index in [-0.39, 0.29) is 12.8 Å². The molecule has 6 unspecified atom stereocenters. The average molecular weight is 394 g/mol. The Hall–Kier alpha value is -1.30. The van der Waals surface area contributed by atoms with Gasteiger partial charge >= 0.3 is 11.9 Å². The van der Waals surface area contributed by atoms with Gasteiger partial charge in [-0.3, -0.25) is 9.59 Å². The molecular weight excluding hydrogens is 364 g/mol. The summed E-state index contributed by atoms with van der Waals surface area (Å²) in [6.45, 7) is 2.66. The first-order chi connectivity index (χ1) is 12.9. The molecule has 1 saturated carbocycles. The molecule has 3 N–H and O–H groups in total. The maximum absolute atomic E-state index is 11.4. The van der Waals surface area contributed by atoms with E-state index in [1.165, 1.54) is 7.11 Å². The van der Waals surface area contributed by atoms with Crippen molar-refractivity contribution < 1.29 is 48.6 Å². The lowest BCUT2D eigenvalue weighted by molar-refractivity contribution is -0.274. The fraction of sp³-hybridized carbons (Fsp3) is 0.882. The molecule has 10 heteroatoms. The number of ether oxygens (including phenoxy) is 5. The van der Waals surface area contributed by atoms with Gasteiger partial charge in [0.2, 0.25) is 0 Å². The van der Waals surface area contributed by atoms with Crippen molar-refractivity contribution in [1.29, 1.82) is 0 Å². The van der Waals surface area contributed by atoms with Crippen LogP contribution in [0, 0.1) is 0 Å². The number of aliphatic hydroxyl groups excluding tert-OH is 3. The minimum Gasteiger partial charge on any atom is -0.438 e. The van der Waals surface area contributed by atoms with E-state index in [4.69, 9.17) is 23.7 Å². The second-order valence-electron chi connectivity index (χ2n) is 6.20. The Morgan fingerprint density at radius 2 is 1.15 bits per heavy atom. The van der Waals surface area contributed by atoms with E-state index in [0.717, 1.165) is 0 Å². The third-order valence-electron chi connectivity index (χ3n) is 4.16. The number of hydrogen-bond donors (Lipinski definition) is 3. The summed E-state index contributed by atoms with van der Waals surface area (Å²) < 4.78 is 25.5. The van der Waals surface area contributed by atoms with Crippen molar-refractivity contribution >= 4 is 11.9 Å². The molecule has 6 atom stereocenters. The van der Waals surface area contributed by atoms with Crippen LogP contribution in [0.15, 0.2) is 0 Å². The number of carbonyl (C=O) groups is 2. The van der Waals surface area contributed by atoms with E-state index in [9.17, 15) is 24.9 Å². The van der Waals surface area contributed by atoms with Gasteiger partial charge in [-0.25, -0.2) is 0 Å². The molecule has 1 fully saturated rings. The van der Waals surface area contributed by atoms with Gasteiger partial charge in [0.25, 0.3) is 0 Å². The second kappa shape index (κ2) is 12.2. The van der Waals surface area contributed by atoms with E-state index in [0.29, 0.717) is 12.8 Å². The van der Waals surface area contributed by atoms with E-state index in [1.807, 2.05) is 13.8 Å². The number of aliphatic hydroxyl groups is 3. The van der Waals surface area contributed by atoms with Gasteiger partial charge in [0.05, 0.1) is 0 Å². The molecule has 0 radical (unpaired) electrons. The van der Waals surface area contributed by atoms with E-state index in [1.54, 1.807) is 0 Å². The first kappa shape index (κ1) is 23.7. The highest BCUT2D eigenvalue weighted by molar-refractivity contribution is 5.69. The lowest BCUT2D eigenvalue weighted by Gasteiger charge is -2.44. The van der Waals surface area contributed by atoms with Crippen LogP contribution >= 0.6 is 0 Å². The highest BCUT2D eigenvalue weighted by atomic mass is 16.7. The molecule has 0 heterocycles. The van der Waals surface area contributed by atoms with Crippen LogP contribution in [-0.2, 0) is 33.3 Å². The average Bonchev–Trinajstić information content (AvgIpc) is 2.62. The number of esters is 2. The summed E-state index contributed by atoms with van der Waals surface area (Å²) in [4.78, 5) is 22.8. The van der Waals surface area contributed by atoms with E-state index >= 15 is 0 Å². The Labute approximate surface area is 158 Å². The fourth-order valence-corrected chi connectivity index (χ4v) is 2.74. The minimum absolute atomic E-state index is 0.209. The number of methoxy groups -OCH3 is 1. The topological polar surface area (TPSA) is 141 Å². The zero-order valence-electron chi connectivity index (χ0n) is 15.9. The van der Waals surface area contributed by atoms with Crippen molar-refractivity contribution in [1.82, 2.24) is 0 Å². The molecule has 1 aliphatic rings. The summed E-state index contributed by atoms with van der Waals surface area (Å²) in [6.07, 6.45) is -6.25. The first-order valence-electron chi connectivity index (χ1n) is 8.98. The van der Waals surface area contributed by atoms with Gasteiger partial charge < -0.3 is 39.0 Å². The molecule has 158 valence electrons. The van der Waals surface area contributed by atoms with Gasteiger partial charge in [0, 0.05) is 20.0 Å². The van der Waals surface area contributed by atoms with Crippen LogP contribution in [-0.4, -0.2) is 84.6 Å². The van der Waals surface area contributed by atoms with Crippen molar-refractivity contribution in [3.8, 4) is 0 Å². The molecule has 0 aliphatic heterocycles. The monoisotopic (exact) mass is 394 g/mol. The molecule has 1 rings (SSSR count). The standard InChI is InChI=1S/C17H30O10/c1-4-6-10(18)24-8-26-16-13(21)12(20)15(23-3)14(22)17(16)27-9-25-11(19)7-5-2/h12-17,20-22H,4-9H2,1-3H3. The summed E-state index contributed by atoms with van der Waals surface area (Å²) in [7, 11) is 1.26. The van der Waals surface area contributed by atoms with Crippen LogP contribution < -0.4 is 0 Å². The van der Waals surface area contributed by atoms with Crippen molar-refractivity contribution in [2.24, 2.45) is 0 Å². The molecule has 0 amide bonds. The SMILES string of the molecule is CCCC(=O)OCOC1C(O)C(O)C(OC)C(O)C1OCOC(=O)CCC. The summed E-state index contributed by atoms with van der Waals surface area (Å²) in [5.41, 5.74) is 0. The molecule has 1 aliphatic carbocycles. The molecule has 0 bridgehead atoms. The summed E-state index contributed by atoms with van der Waals surface area (Å²) in [5, 5.41) is 30.8. The second-order valence-corrected chi connectivity index (χ2v) is 6.20. The van der Waals surface area contributed by atoms with E-state index in [2.05, 4.69) is 0 Å². The number of hydrogen-bond acceptors (Lipinski definition) is 10. The fourth-order valence-electron chi connectivity index (χ4n) is 2.74. The van der Waals surface area contributed by atoms with E-state index < -0.39 is 62.1 Å². The van der Waals surface area contributed by atoms with Gasteiger partial charge in [0.15, 0.2) is 13.6 Å². The molecular formula is C17H30O10. The van der Waals surface area contributed by atoms with Crippen molar-refractivity contribution in [2.45, 2.75) is 76.2 Å². The molecule has 27 heavy (non-hydrogen) atoms. The molecule has 0 saturated heterocycles. The van der Waals surface area contributed by atoms with Crippen LogP contribution in [0.2, 0.25) is 0 Å². The molecule has 0 aromatic heterocycles. The predicted molar refractivity (Wildman–Crippen MR) is 90.3 cm³/mol. The molecule has 0 spiro atoms.